The Bertz CT molecular complexity index is 1400. The van der Waals surface area contributed by atoms with Crippen LogP contribution in [0.5, 0.6) is 0 Å². The van der Waals surface area contributed by atoms with Gasteiger partial charge in [-0.25, -0.2) is 0 Å². The number of nitrogens with zero attached hydrogens (tertiary/aromatic N) is 4. The van der Waals surface area contributed by atoms with Crippen molar-refractivity contribution in [2.45, 2.75) is 77.0 Å². The van der Waals surface area contributed by atoms with E-state index in [1.165, 1.54) is 96.5 Å². The fraction of sp³-hybridized carbons (Fsp3) is 0.375. The third kappa shape index (κ3) is 3.27. The Morgan fingerprint density at radius 1 is 0.389 bits per heavy atom. The Balaban J connectivity index is 1.23. The molecule has 0 atom stereocenters. The van der Waals surface area contributed by atoms with E-state index in [1.54, 1.807) is 11.1 Å². The zero-order chi connectivity index (χ0) is 23.6. The molecule has 0 amide bonds. The Morgan fingerprint density at radius 3 is 1.14 bits per heavy atom. The van der Waals surface area contributed by atoms with E-state index in [4.69, 9.17) is 20.0 Å². The van der Waals surface area contributed by atoms with Crippen molar-refractivity contribution in [1.29, 1.82) is 0 Å². The van der Waals surface area contributed by atoms with Crippen molar-refractivity contribution in [3.05, 3.63) is 58.7 Å². The Morgan fingerprint density at radius 2 is 0.750 bits per heavy atom. The largest absolute Gasteiger partial charge is 0.251 e. The van der Waals surface area contributed by atoms with Gasteiger partial charge < -0.3 is 0 Å². The van der Waals surface area contributed by atoms with E-state index < -0.39 is 0 Å². The molecule has 4 heteroatoms. The van der Waals surface area contributed by atoms with Crippen molar-refractivity contribution in [3.8, 4) is 11.1 Å². The standard InChI is InChI=1S/C32H30N4/c1-5-19-7-3-11-27-31(19)25(9-1)33-23-15-13-21(17-29(23)35-27)22-14-16-24-30(18-22)36-28-12-4-8-20-6-2-10-26(34-24)32(20)28/h13-18H,1-12H2. The summed E-state index contributed by atoms with van der Waals surface area (Å²) >= 11 is 0. The molecule has 6 aliphatic rings. The number of hydrogen-bond acceptors (Lipinski definition) is 4. The minimum Gasteiger partial charge on any atom is -0.251 e. The average Bonchev–Trinajstić information content (AvgIpc) is 3.17. The van der Waals surface area contributed by atoms with Gasteiger partial charge in [0, 0.05) is 11.1 Å². The highest BCUT2D eigenvalue weighted by Crippen LogP contribution is 2.44. The quantitative estimate of drug-likeness (QED) is 0.399. The van der Waals surface area contributed by atoms with Gasteiger partial charge in [-0.2, -0.15) is 0 Å². The van der Waals surface area contributed by atoms with Crippen LogP contribution in [-0.4, -0.2) is 22.8 Å². The summed E-state index contributed by atoms with van der Waals surface area (Å²) in [6.07, 6.45) is 14.0. The Kier molecular flexibility index (Phi) is 4.65. The molecule has 0 radical (unpaired) electrons. The SMILES string of the molecule is c1cc2c(cc1-c1ccc3c(c1)N=C1CCCC4=C1C(=N3)CCC4)N=C1CCCC3=C1C(=N2)CCC3. The van der Waals surface area contributed by atoms with Crippen LogP contribution in [0, 0.1) is 0 Å². The minimum atomic E-state index is 1.01. The smallest absolute Gasteiger partial charge is 0.0896 e. The van der Waals surface area contributed by atoms with Gasteiger partial charge >= 0.3 is 0 Å². The van der Waals surface area contributed by atoms with Gasteiger partial charge in [0.15, 0.2) is 0 Å². The Labute approximate surface area is 212 Å². The third-order valence-electron chi connectivity index (χ3n) is 8.74. The lowest BCUT2D eigenvalue weighted by Crippen LogP contribution is -2.22. The van der Waals surface area contributed by atoms with Gasteiger partial charge in [0.25, 0.3) is 0 Å². The van der Waals surface area contributed by atoms with E-state index in [9.17, 15) is 0 Å². The molecule has 36 heavy (non-hydrogen) atoms. The summed E-state index contributed by atoms with van der Waals surface area (Å²) in [6.45, 7) is 0. The van der Waals surface area contributed by atoms with Gasteiger partial charge in [-0.15, -0.1) is 0 Å². The average molecular weight is 471 g/mol. The molecule has 2 aromatic carbocycles. The lowest BCUT2D eigenvalue weighted by molar-refractivity contribution is 0.728. The summed E-state index contributed by atoms with van der Waals surface area (Å²) in [5.41, 5.74) is 17.4. The molecule has 8 rings (SSSR count). The number of benzene rings is 2. The maximum absolute atomic E-state index is 5.21. The summed E-state index contributed by atoms with van der Waals surface area (Å²) in [5.74, 6) is 0. The fourth-order valence-corrected chi connectivity index (χ4v) is 7.08. The molecular formula is C32H30N4. The lowest BCUT2D eigenvalue weighted by Gasteiger charge is -2.26. The van der Waals surface area contributed by atoms with Crippen molar-refractivity contribution < 1.29 is 0 Å². The molecule has 0 N–H and O–H groups in total. The van der Waals surface area contributed by atoms with Crippen LogP contribution in [-0.2, 0) is 0 Å². The zero-order valence-corrected chi connectivity index (χ0v) is 20.7. The van der Waals surface area contributed by atoms with Crippen LogP contribution in [0.15, 0.2) is 78.7 Å². The third-order valence-corrected chi connectivity index (χ3v) is 8.74. The number of aliphatic imine (C=N–C) groups is 4. The van der Waals surface area contributed by atoms with Crippen LogP contribution in [0.3, 0.4) is 0 Å². The second-order valence-corrected chi connectivity index (χ2v) is 11.0. The van der Waals surface area contributed by atoms with Crippen molar-refractivity contribution >= 4 is 45.6 Å². The normalized spacial score (nSPS) is 22.1. The molecule has 0 unspecified atom stereocenters. The second kappa shape index (κ2) is 8.06. The van der Waals surface area contributed by atoms with Crippen molar-refractivity contribution in [2.24, 2.45) is 20.0 Å². The summed E-state index contributed by atoms with van der Waals surface area (Å²) in [7, 11) is 0. The fourth-order valence-electron chi connectivity index (χ4n) is 7.08. The van der Waals surface area contributed by atoms with Crippen LogP contribution < -0.4 is 0 Å². The number of hydrogen-bond donors (Lipinski definition) is 0. The molecular weight excluding hydrogens is 440 g/mol. The number of allylic oxidation sites excluding steroid dienone is 4. The molecule has 0 fully saturated rings. The highest BCUT2D eigenvalue weighted by atomic mass is 14.9. The Hall–Kier alpha value is -3.40. The van der Waals surface area contributed by atoms with Crippen LogP contribution in [0.4, 0.5) is 22.7 Å². The van der Waals surface area contributed by atoms with Crippen LogP contribution >= 0.6 is 0 Å². The van der Waals surface area contributed by atoms with Crippen LogP contribution in [0.25, 0.3) is 11.1 Å². The van der Waals surface area contributed by atoms with E-state index in [0.29, 0.717) is 0 Å². The van der Waals surface area contributed by atoms with E-state index in [0.717, 1.165) is 48.4 Å². The molecule has 2 heterocycles. The lowest BCUT2D eigenvalue weighted by atomic mass is 9.80. The summed E-state index contributed by atoms with van der Waals surface area (Å²) < 4.78 is 0. The number of rotatable bonds is 1. The molecule has 0 bridgehead atoms. The summed E-state index contributed by atoms with van der Waals surface area (Å²) in [5, 5.41) is 0. The maximum atomic E-state index is 5.21. The highest BCUT2D eigenvalue weighted by Gasteiger charge is 2.30. The molecule has 0 aromatic heterocycles. The maximum Gasteiger partial charge on any atom is 0.0896 e. The van der Waals surface area contributed by atoms with E-state index in [-0.39, 0.29) is 0 Å². The van der Waals surface area contributed by atoms with E-state index >= 15 is 0 Å². The molecule has 2 aromatic rings. The van der Waals surface area contributed by atoms with E-state index in [1.807, 2.05) is 0 Å². The molecule has 178 valence electrons. The first-order valence-corrected chi connectivity index (χ1v) is 13.8. The van der Waals surface area contributed by atoms with Gasteiger partial charge in [0.2, 0.25) is 0 Å². The van der Waals surface area contributed by atoms with Gasteiger partial charge in [0.1, 0.15) is 0 Å². The molecule has 0 saturated carbocycles. The molecule has 4 aliphatic carbocycles. The van der Waals surface area contributed by atoms with Gasteiger partial charge in [-0.1, -0.05) is 23.3 Å². The monoisotopic (exact) mass is 470 g/mol. The molecule has 2 aliphatic heterocycles. The second-order valence-electron chi connectivity index (χ2n) is 11.0. The van der Waals surface area contributed by atoms with Gasteiger partial charge in [0.05, 0.1) is 45.6 Å². The highest BCUT2D eigenvalue weighted by molar-refractivity contribution is 6.28. The molecule has 4 nitrogen and oxygen atoms in total. The van der Waals surface area contributed by atoms with Crippen molar-refractivity contribution in [1.82, 2.24) is 0 Å². The summed E-state index contributed by atoms with van der Waals surface area (Å²) in [6, 6.07) is 13.2. The van der Waals surface area contributed by atoms with Crippen molar-refractivity contribution in [3.63, 3.8) is 0 Å². The molecule has 0 spiro atoms. The minimum absolute atomic E-state index is 1.01. The van der Waals surface area contributed by atoms with Gasteiger partial charge in [-0.05, 0) is 112 Å². The van der Waals surface area contributed by atoms with E-state index in [2.05, 4.69) is 36.4 Å². The zero-order valence-electron chi connectivity index (χ0n) is 20.7. The summed E-state index contributed by atoms with van der Waals surface area (Å²) in [4.78, 5) is 20.7. The van der Waals surface area contributed by atoms with Gasteiger partial charge in [-0.3, -0.25) is 20.0 Å². The van der Waals surface area contributed by atoms with Crippen LogP contribution in [0.2, 0.25) is 0 Å². The molecule has 0 saturated heterocycles. The first-order chi connectivity index (χ1) is 17.8. The topological polar surface area (TPSA) is 49.4 Å². The number of fused-ring (bicyclic) bond motifs is 2. The first kappa shape index (κ1) is 20.8. The first-order valence-electron chi connectivity index (χ1n) is 13.8. The predicted molar refractivity (Wildman–Crippen MR) is 150 cm³/mol. The predicted octanol–water partition coefficient (Wildman–Crippen LogP) is 9.00. The van der Waals surface area contributed by atoms with Crippen LogP contribution in [0.1, 0.15) is 77.0 Å². The van der Waals surface area contributed by atoms with Crippen molar-refractivity contribution in [2.75, 3.05) is 0 Å².